The Kier molecular flexibility index (Phi) is 12.4. The number of unbranched alkanes of at least 4 members (excludes halogenated alkanes) is 5. The summed E-state index contributed by atoms with van der Waals surface area (Å²) in [5, 5.41) is 0. The summed E-state index contributed by atoms with van der Waals surface area (Å²) in [5.41, 5.74) is 0. The van der Waals surface area contributed by atoms with E-state index in [2.05, 4.69) is 20.8 Å². The highest BCUT2D eigenvalue weighted by atomic mass is 16.5. The lowest BCUT2D eigenvalue weighted by Gasteiger charge is -2.26. The van der Waals surface area contributed by atoms with Gasteiger partial charge in [0.05, 0.1) is 25.0 Å². The quantitative estimate of drug-likeness (QED) is 0.310. The summed E-state index contributed by atoms with van der Waals surface area (Å²) in [7, 11) is 0. The largest absolute Gasteiger partial charge is 0.465 e. The Hall–Kier alpha value is -1.06. The lowest BCUT2D eigenvalue weighted by atomic mass is 9.82. The molecule has 4 heteroatoms. The van der Waals surface area contributed by atoms with Gasteiger partial charge in [0.1, 0.15) is 0 Å². The number of carbonyl (C=O) groups excluding carboxylic acids is 2. The zero-order chi connectivity index (χ0) is 19.2. The normalized spacial score (nSPS) is 20.2. The molecule has 0 heterocycles. The van der Waals surface area contributed by atoms with Crippen LogP contribution in [0.2, 0.25) is 0 Å². The molecule has 0 atom stereocenters. The maximum Gasteiger partial charge on any atom is 0.308 e. The zero-order valence-electron chi connectivity index (χ0n) is 17.3. The predicted octanol–water partition coefficient (Wildman–Crippen LogP) is 5.68. The Morgan fingerprint density at radius 3 is 1.73 bits per heavy atom. The van der Waals surface area contributed by atoms with E-state index in [0.29, 0.717) is 19.1 Å². The fourth-order valence-corrected chi connectivity index (χ4v) is 3.52. The molecule has 0 aromatic heterocycles. The first-order valence-corrected chi connectivity index (χ1v) is 10.9. The van der Waals surface area contributed by atoms with Gasteiger partial charge in [-0.25, -0.2) is 0 Å². The summed E-state index contributed by atoms with van der Waals surface area (Å²) in [6.07, 6.45) is 12.2. The molecule has 26 heavy (non-hydrogen) atoms. The summed E-state index contributed by atoms with van der Waals surface area (Å²) < 4.78 is 10.8. The highest BCUT2D eigenvalue weighted by Crippen LogP contribution is 2.30. The highest BCUT2D eigenvalue weighted by molar-refractivity contribution is 5.75. The van der Waals surface area contributed by atoms with Gasteiger partial charge in [0.25, 0.3) is 0 Å². The molecular weight excluding hydrogens is 328 g/mol. The number of rotatable bonds is 13. The van der Waals surface area contributed by atoms with Crippen LogP contribution in [0.4, 0.5) is 0 Å². The number of carbonyl (C=O) groups is 2. The maximum atomic E-state index is 12.1. The van der Waals surface area contributed by atoms with Gasteiger partial charge in [0.2, 0.25) is 0 Å². The predicted molar refractivity (Wildman–Crippen MR) is 105 cm³/mol. The minimum absolute atomic E-state index is 0.0277. The van der Waals surface area contributed by atoms with Crippen molar-refractivity contribution >= 4 is 11.9 Å². The van der Waals surface area contributed by atoms with Gasteiger partial charge >= 0.3 is 11.9 Å². The summed E-state index contributed by atoms with van der Waals surface area (Å²) in [5.74, 6) is 0.443. The first-order valence-electron chi connectivity index (χ1n) is 10.9. The van der Waals surface area contributed by atoms with Crippen molar-refractivity contribution in [1.29, 1.82) is 0 Å². The van der Waals surface area contributed by atoms with Crippen LogP contribution in [0.1, 0.15) is 97.8 Å². The van der Waals surface area contributed by atoms with Crippen LogP contribution in [0, 0.1) is 17.8 Å². The van der Waals surface area contributed by atoms with E-state index in [1.807, 2.05) is 0 Å². The summed E-state index contributed by atoms with van der Waals surface area (Å²) in [4.78, 5) is 24.2. The van der Waals surface area contributed by atoms with Crippen LogP contribution in [0.25, 0.3) is 0 Å². The molecule has 0 bridgehead atoms. The molecule has 0 unspecified atom stereocenters. The number of hydrogen-bond acceptors (Lipinski definition) is 4. The second-order valence-corrected chi connectivity index (χ2v) is 8.19. The molecule has 0 radical (unpaired) electrons. The number of hydrogen-bond donors (Lipinski definition) is 0. The smallest absolute Gasteiger partial charge is 0.308 e. The molecule has 1 fully saturated rings. The maximum absolute atomic E-state index is 12.1. The Bertz CT molecular complexity index is 384. The molecule has 0 amide bonds. The number of ether oxygens (including phenoxy) is 2. The van der Waals surface area contributed by atoms with Gasteiger partial charge in [0, 0.05) is 0 Å². The third kappa shape index (κ3) is 10.2. The van der Waals surface area contributed by atoms with Gasteiger partial charge < -0.3 is 9.47 Å². The third-order valence-electron chi connectivity index (χ3n) is 5.31. The molecule has 1 aliphatic carbocycles. The highest BCUT2D eigenvalue weighted by Gasteiger charge is 2.31. The standard InChI is InChI=1S/C22H40O4/c1-4-5-6-7-8-9-16-25-21(23)19-12-14-20(15-13-19)22(24)26-17-10-11-18(2)3/h18-20H,4-17H2,1-3H3. The minimum atomic E-state index is -0.0762. The molecule has 0 saturated heterocycles. The molecule has 4 nitrogen and oxygen atoms in total. The lowest BCUT2D eigenvalue weighted by Crippen LogP contribution is -2.28. The van der Waals surface area contributed by atoms with E-state index in [4.69, 9.17) is 9.47 Å². The zero-order valence-corrected chi connectivity index (χ0v) is 17.3. The SMILES string of the molecule is CCCCCCCCOC(=O)C1CCC(C(=O)OCCCC(C)C)CC1. The second-order valence-electron chi connectivity index (χ2n) is 8.19. The van der Waals surface area contributed by atoms with Crippen LogP contribution in [-0.4, -0.2) is 25.2 Å². The van der Waals surface area contributed by atoms with Crippen molar-refractivity contribution in [1.82, 2.24) is 0 Å². The van der Waals surface area contributed by atoms with Gasteiger partial charge in [0.15, 0.2) is 0 Å². The van der Waals surface area contributed by atoms with Gasteiger partial charge in [-0.15, -0.1) is 0 Å². The Labute approximate surface area is 160 Å². The molecule has 1 rings (SSSR count). The van der Waals surface area contributed by atoms with Crippen molar-refractivity contribution in [2.24, 2.45) is 17.8 Å². The minimum Gasteiger partial charge on any atom is -0.465 e. The average molecular weight is 369 g/mol. The van der Waals surface area contributed by atoms with Crippen molar-refractivity contribution in [2.45, 2.75) is 97.8 Å². The Morgan fingerprint density at radius 2 is 1.23 bits per heavy atom. The molecule has 1 saturated carbocycles. The fraction of sp³-hybridized carbons (Fsp3) is 0.909. The van der Waals surface area contributed by atoms with E-state index in [-0.39, 0.29) is 23.8 Å². The van der Waals surface area contributed by atoms with Crippen LogP contribution in [-0.2, 0) is 19.1 Å². The monoisotopic (exact) mass is 368 g/mol. The molecular formula is C22H40O4. The summed E-state index contributed by atoms with van der Waals surface area (Å²) in [6.45, 7) is 7.63. The first-order chi connectivity index (χ1) is 12.5. The van der Waals surface area contributed by atoms with E-state index >= 15 is 0 Å². The van der Waals surface area contributed by atoms with E-state index in [9.17, 15) is 9.59 Å². The van der Waals surface area contributed by atoms with Gasteiger partial charge in [-0.1, -0.05) is 52.9 Å². The van der Waals surface area contributed by atoms with Gasteiger partial charge in [-0.3, -0.25) is 9.59 Å². The fourth-order valence-electron chi connectivity index (χ4n) is 3.52. The van der Waals surface area contributed by atoms with E-state index in [1.165, 1.54) is 25.7 Å². The van der Waals surface area contributed by atoms with Crippen LogP contribution < -0.4 is 0 Å². The Balaban J connectivity index is 2.08. The molecule has 152 valence electrons. The van der Waals surface area contributed by atoms with Crippen molar-refractivity contribution in [2.75, 3.05) is 13.2 Å². The molecule has 0 aromatic rings. The third-order valence-corrected chi connectivity index (χ3v) is 5.31. The van der Waals surface area contributed by atoms with Crippen molar-refractivity contribution < 1.29 is 19.1 Å². The van der Waals surface area contributed by atoms with Crippen molar-refractivity contribution in [3.8, 4) is 0 Å². The number of esters is 2. The molecule has 0 aliphatic heterocycles. The molecule has 0 N–H and O–H groups in total. The van der Waals surface area contributed by atoms with E-state index in [1.54, 1.807) is 0 Å². The van der Waals surface area contributed by atoms with Crippen LogP contribution >= 0.6 is 0 Å². The van der Waals surface area contributed by atoms with Crippen LogP contribution in [0.5, 0.6) is 0 Å². The van der Waals surface area contributed by atoms with Crippen LogP contribution in [0.15, 0.2) is 0 Å². The van der Waals surface area contributed by atoms with Crippen molar-refractivity contribution in [3.63, 3.8) is 0 Å². The summed E-state index contributed by atoms with van der Waals surface area (Å²) >= 11 is 0. The Morgan fingerprint density at radius 1 is 0.769 bits per heavy atom. The molecule has 0 spiro atoms. The molecule has 0 aromatic carbocycles. The van der Waals surface area contributed by atoms with Gasteiger partial charge in [-0.2, -0.15) is 0 Å². The second kappa shape index (κ2) is 14.1. The van der Waals surface area contributed by atoms with Gasteiger partial charge in [-0.05, 0) is 50.9 Å². The van der Waals surface area contributed by atoms with Crippen LogP contribution in [0.3, 0.4) is 0 Å². The van der Waals surface area contributed by atoms with Crippen molar-refractivity contribution in [3.05, 3.63) is 0 Å². The summed E-state index contributed by atoms with van der Waals surface area (Å²) in [6, 6.07) is 0. The topological polar surface area (TPSA) is 52.6 Å². The van der Waals surface area contributed by atoms with E-state index in [0.717, 1.165) is 51.4 Å². The lowest BCUT2D eigenvalue weighted by molar-refractivity contribution is -0.155. The average Bonchev–Trinajstić information content (AvgIpc) is 2.64. The first kappa shape index (κ1) is 23.0. The van der Waals surface area contributed by atoms with E-state index < -0.39 is 0 Å². The molecule has 1 aliphatic rings.